The van der Waals surface area contributed by atoms with Gasteiger partial charge in [0.25, 0.3) is 11.8 Å². The minimum Gasteiger partial charge on any atom is -0.493 e. The Morgan fingerprint density at radius 3 is 2.22 bits per heavy atom. The Hall–Kier alpha value is -4.13. The maximum Gasteiger partial charge on any atom is 0.282 e. The summed E-state index contributed by atoms with van der Waals surface area (Å²) in [5.41, 5.74) is 2.58. The first-order chi connectivity index (χ1) is 15.4. The molecule has 0 saturated heterocycles. The Balaban J connectivity index is 1.81. The third-order valence-electron chi connectivity index (χ3n) is 5.14. The van der Waals surface area contributed by atoms with E-state index in [-0.39, 0.29) is 17.0 Å². The molecular weight excluding hydrogens is 411 g/mol. The summed E-state index contributed by atoms with van der Waals surface area (Å²) in [6, 6.07) is 17.7. The highest BCUT2D eigenvalue weighted by molar-refractivity contribution is 6.46. The van der Waals surface area contributed by atoms with Crippen LogP contribution in [0.2, 0.25) is 0 Å². The standard InChI is InChI=1S/C25H21FN2O4/c1-15-7-9-16(10-8-15)22-23(27-18-11-12-20(31-2)21(14-18)32-3)25(30)28(24(22)29)19-6-4-5-17(26)13-19/h4-14,27H,1-3H3. The van der Waals surface area contributed by atoms with Crippen molar-refractivity contribution in [3.8, 4) is 11.5 Å². The molecule has 7 heteroatoms. The predicted octanol–water partition coefficient (Wildman–Crippen LogP) is 4.55. The van der Waals surface area contributed by atoms with Gasteiger partial charge in [0.05, 0.1) is 25.5 Å². The summed E-state index contributed by atoms with van der Waals surface area (Å²) in [5.74, 6) is -0.658. The normalized spacial score (nSPS) is 13.6. The van der Waals surface area contributed by atoms with Gasteiger partial charge in [-0.05, 0) is 42.8 Å². The Labute approximate surface area is 184 Å². The number of nitrogens with one attached hydrogen (secondary N) is 1. The molecule has 1 aliphatic heterocycles. The van der Waals surface area contributed by atoms with E-state index in [9.17, 15) is 14.0 Å². The zero-order valence-electron chi connectivity index (χ0n) is 17.8. The van der Waals surface area contributed by atoms with Crippen molar-refractivity contribution in [1.29, 1.82) is 0 Å². The number of hydrogen-bond acceptors (Lipinski definition) is 5. The van der Waals surface area contributed by atoms with Crippen LogP contribution in [0.1, 0.15) is 11.1 Å². The molecule has 6 nitrogen and oxygen atoms in total. The van der Waals surface area contributed by atoms with Crippen LogP contribution in [-0.4, -0.2) is 26.0 Å². The second-order valence-corrected chi connectivity index (χ2v) is 7.24. The molecule has 3 aromatic rings. The lowest BCUT2D eigenvalue weighted by Crippen LogP contribution is -2.32. The van der Waals surface area contributed by atoms with Gasteiger partial charge in [0.15, 0.2) is 11.5 Å². The molecule has 0 fully saturated rings. The van der Waals surface area contributed by atoms with Gasteiger partial charge < -0.3 is 14.8 Å². The van der Waals surface area contributed by atoms with E-state index in [1.54, 1.807) is 30.3 Å². The number of rotatable bonds is 6. The highest BCUT2D eigenvalue weighted by Crippen LogP contribution is 2.36. The Kier molecular flexibility index (Phi) is 5.64. The number of anilines is 2. The van der Waals surface area contributed by atoms with Gasteiger partial charge in [-0.15, -0.1) is 0 Å². The Morgan fingerprint density at radius 2 is 1.56 bits per heavy atom. The molecule has 1 aliphatic rings. The largest absolute Gasteiger partial charge is 0.493 e. The Bertz CT molecular complexity index is 1230. The molecule has 162 valence electrons. The number of imide groups is 1. The van der Waals surface area contributed by atoms with Crippen LogP contribution in [-0.2, 0) is 9.59 Å². The average molecular weight is 432 g/mol. The van der Waals surface area contributed by atoms with Crippen LogP contribution in [0, 0.1) is 12.7 Å². The average Bonchev–Trinajstić information content (AvgIpc) is 3.03. The number of benzene rings is 3. The molecule has 1 N–H and O–H groups in total. The monoisotopic (exact) mass is 432 g/mol. The SMILES string of the molecule is COc1ccc(NC2=C(c3ccc(C)cc3)C(=O)N(c3cccc(F)c3)C2=O)cc1OC. The molecule has 0 saturated carbocycles. The van der Waals surface area contributed by atoms with Gasteiger partial charge in [0.1, 0.15) is 11.5 Å². The van der Waals surface area contributed by atoms with Crippen LogP contribution in [0.4, 0.5) is 15.8 Å². The van der Waals surface area contributed by atoms with Gasteiger partial charge in [0, 0.05) is 11.8 Å². The number of ether oxygens (including phenoxy) is 2. The van der Waals surface area contributed by atoms with Crippen molar-refractivity contribution in [3.05, 3.63) is 89.4 Å². The topological polar surface area (TPSA) is 67.9 Å². The van der Waals surface area contributed by atoms with E-state index >= 15 is 0 Å². The van der Waals surface area contributed by atoms with Crippen LogP contribution in [0.5, 0.6) is 11.5 Å². The van der Waals surface area contributed by atoms with Crippen molar-refractivity contribution in [2.45, 2.75) is 6.92 Å². The van der Waals surface area contributed by atoms with Crippen molar-refractivity contribution in [2.24, 2.45) is 0 Å². The maximum absolute atomic E-state index is 13.8. The number of hydrogen-bond donors (Lipinski definition) is 1. The van der Waals surface area contributed by atoms with E-state index in [4.69, 9.17) is 9.47 Å². The molecule has 4 rings (SSSR count). The number of methoxy groups -OCH3 is 2. The minimum atomic E-state index is -0.578. The van der Waals surface area contributed by atoms with E-state index in [0.29, 0.717) is 22.7 Å². The lowest BCUT2D eigenvalue weighted by Gasteiger charge is -2.15. The van der Waals surface area contributed by atoms with Gasteiger partial charge >= 0.3 is 0 Å². The molecule has 0 aliphatic carbocycles. The van der Waals surface area contributed by atoms with E-state index in [1.807, 2.05) is 19.1 Å². The lowest BCUT2D eigenvalue weighted by molar-refractivity contribution is -0.120. The zero-order valence-corrected chi connectivity index (χ0v) is 17.8. The Morgan fingerprint density at radius 1 is 0.844 bits per heavy atom. The third-order valence-corrected chi connectivity index (χ3v) is 5.14. The van der Waals surface area contributed by atoms with E-state index in [0.717, 1.165) is 16.5 Å². The van der Waals surface area contributed by atoms with Crippen molar-refractivity contribution < 1.29 is 23.5 Å². The predicted molar refractivity (Wildman–Crippen MR) is 120 cm³/mol. The number of nitrogens with zero attached hydrogens (tertiary/aromatic N) is 1. The van der Waals surface area contributed by atoms with Crippen molar-refractivity contribution >= 4 is 28.8 Å². The van der Waals surface area contributed by atoms with Gasteiger partial charge in [-0.2, -0.15) is 0 Å². The maximum atomic E-state index is 13.8. The first kappa shape index (κ1) is 21.1. The fraction of sp³-hybridized carbons (Fsp3) is 0.120. The van der Waals surface area contributed by atoms with Crippen molar-refractivity contribution in [2.75, 3.05) is 24.4 Å². The number of halogens is 1. The summed E-state index contributed by atoms with van der Waals surface area (Å²) in [6.07, 6.45) is 0. The zero-order chi connectivity index (χ0) is 22.8. The van der Waals surface area contributed by atoms with Crippen LogP contribution in [0.15, 0.2) is 72.4 Å². The summed E-state index contributed by atoms with van der Waals surface area (Å²) in [6.45, 7) is 1.93. The molecule has 0 radical (unpaired) electrons. The summed E-state index contributed by atoms with van der Waals surface area (Å²) >= 11 is 0. The summed E-state index contributed by atoms with van der Waals surface area (Å²) < 4.78 is 24.4. The van der Waals surface area contributed by atoms with Gasteiger partial charge in [-0.1, -0.05) is 35.9 Å². The van der Waals surface area contributed by atoms with E-state index < -0.39 is 17.6 Å². The fourth-order valence-electron chi connectivity index (χ4n) is 3.54. The van der Waals surface area contributed by atoms with Gasteiger partial charge in [0.2, 0.25) is 0 Å². The second kappa shape index (κ2) is 8.55. The minimum absolute atomic E-state index is 0.0929. The molecule has 3 aromatic carbocycles. The van der Waals surface area contributed by atoms with Crippen LogP contribution >= 0.6 is 0 Å². The molecule has 0 bridgehead atoms. The summed E-state index contributed by atoms with van der Waals surface area (Å²) in [7, 11) is 3.04. The lowest BCUT2D eigenvalue weighted by atomic mass is 10.0. The quantitative estimate of drug-likeness (QED) is 0.579. The molecular formula is C25H21FN2O4. The van der Waals surface area contributed by atoms with Crippen molar-refractivity contribution in [3.63, 3.8) is 0 Å². The molecule has 32 heavy (non-hydrogen) atoms. The first-order valence-corrected chi connectivity index (χ1v) is 9.87. The first-order valence-electron chi connectivity index (χ1n) is 9.87. The van der Waals surface area contributed by atoms with Gasteiger partial charge in [-0.3, -0.25) is 9.59 Å². The molecule has 1 heterocycles. The number of carbonyl (C=O) groups excluding carboxylic acids is 2. The highest BCUT2D eigenvalue weighted by Gasteiger charge is 2.40. The molecule has 0 aromatic heterocycles. The van der Waals surface area contributed by atoms with E-state index in [2.05, 4.69) is 5.32 Å². The number of carbonyl (C=O) groups is 2. The van der Waals surface area contributed by atoms with Gasteiger partial charge in [-0.25, -0.2) is 9.29 Å². The van der Waals surface area contributed by atoms with Crippen molar-refractivity contribution in [1.82, 2.24) is 0 Å². The van der Waals surface area contributed by atoms with Crippen LogP contribution < -0.4 is 19.7 Å². The van der Waals surface area contributed by atoms with Crippen LogP contribution in [0.3, 0.4) is 0 Å². The molecule has 0 unspecified atom stereocenters. The summed E-state index contributed by atoms with van der Waals surface area (Å²) in [4.78, 5) is 27.7. The number of aryl methyl sites for hydroxylation is 1. The van der Waals surface area contributed by atoms with E-state index in [1.165, 1.54) is 32.4 Å². The highest BCUT2D eigenvalue weighted by atomic mass is 19.1. The smallest absolute Gasteiger partial charge is 0.282 e. The second-order valence-electron chi connectivity index (χ2n) is 7.24. The fourth-order valence-corrected chi connectivity index (χ4v) is 3.54. The summed E-state index contributed by atoms with van der Waals surface area (Å²) in [5, 5.41) is 3.06. The van der Waals surface area contributed by atoms with Crippen LogP contribution in [0.25, 0.3) is 5.57 Å². The number of amides is 2. The third kappa shape index (κ3) is 3.80. The molecule has 0 spiro atoms. The molecule has 0 atom stereocenters. The molecule has 2 amide bonds.